The zero-order valence-corrected chi connectivity index (χ0v) is 10.7. The van der Waals surface area contributed by atoms with E-state index in [1.54, 1.807) is 12.1 Å². The molecule has 0 aliphatic heterocycles. The number of nitrogens with zero attached hydrogens (tertiary/aromatic N) is 1. The molecule has 98 valence electrons. The summed E-state index contributed by atoms with van der Waals surface area (Å²) in [5.74, 6) is -0.422. The number of carbonyl (C=O) groups is 1. The van der Waals surface area contributed by atoms with Gasteiger partial charge in [0.1, 0.15) is 17.4 Å². The van der Waals surface area contributed by atoms with Gasteiger partial charge in [0.05, 0.1) is 17.7 Å². The zero-order chi connectivity index (χ0) is 13.8. The number of hydrogen-bond donors (Lipinski definition) is 1. The van der Waals surface area contributed by atoms with Crippen LogP contribution in [0.15, 0.2) is 36.5 Å². The molecule has 1 aromatic carbocycles. The number of nitrogens with one attached hydrogen (secondary N) is 1. The van der Waals surface area contributed by atoms with Crippen LogP contribution in [0.4, 0.5) is 10.2 Å². The molecule has 2 aromatic rings. The third-order valence-electron chi connectivity index (χ3n) is 2.38. The van der Waals surface area contributed by atoms with E-state index in [0.717, 1.165) is 6.07 Å². The summed E-state index contributed by atoms with van der Waals surface area (Å²) in [5, 5.41) is 2.99. The minimum Gasteiger partial charge on any atom is -0.496 e. The Balaban J connectivity index is 2.24. The van der Waals surface area contributed by atoms with Crippen molar-refractivity contribution in [2.24, 2.45) is 0 Å². The van der Waals surface area contributed by atoms with Crippen LogP contribution in [0.25, 0.3) is 0 Å². The molecule has 0 bridgehead atoms. The third kappa shape index (κ3) is 3.20. The summed E-state index contributed by atoms with van der Waals surface area (Å²) < 4.78 is 18.2. The van der Waals surface area contributed by atoms with Crippen molar-refractivity contribution in [3.05, 3.63) is 52.9 Å². The van der Waals surface area contributed by atoms with Gasteiger partial charge in [-0.3, -0.25) is 4.79 Å². The van der Waals surface area contributed by atoms with E-state index in [1.807, 2.05) is 0 Å². The van der Waals surface area contributed by atoms with Gasteiger partial charge in [-0.1, -0.05) is 11.6 Å². The monoisotopic (exact) mass is 280 g/mol. The Morgan fingerprint density at radius 2 is 2.16 bits per heavy atom. The quantitative estimate of drug-likeness (QED) is 0.940. The molecule has 19 heavy (non-hydrogen) atoms. The van der Waals surface area contributed by atoms with E-state index in [0.29, 0.717) is 10.8 Å². The fourth-order valence-electron chi connectivity index (χ4n) is 1.49. The number of rotatable bonds is 3. The smallest absolute Gasteiger partial charge is 0.260 e. The maximum atomic E-state index is 13.2. The van der Waals surface area contributed by atoms with Crippen molar-refractivity contribution in [2.75, 3.05) is 12.4 Å². The Bertz CT molecular complexity index is 602. The Kier molecular flexibility index (Phi) is 3.97. The highest BCUT2D eigenvalue weighted by Gasteiger charge is 2.14. The normalized spacial score (nSPS) is 10.1. The van der Waals surface area contributed by atoms with Gasteiger partial charge in [0.2, 0.25) is 0 Å². The lowest BCUT2D eigenvalue weighted by molar-refractivity contribution is 0.102. The lowest BCUT2D eigenvalue weighted by atomic mass is 10.2. The van der Waals surface area contributed by atoms with Crippen LogP contribution in [0.5, 0.6) is 5.75 Å². The van der Waals surface area contributed by atoms with Gasteiger partial charge in [0.15, 0.2) is 0 Å². The molecular weight excluding hydrogens is 271 g/mol. The Hall–Kier alpha value is -2.14. The van der Waals surface area contributed by atoms with E-state index < -0.39 is 11.7 Å². The molecule has 0 unspecified atom stereocenters. The summed E-state index contributed by atoms with van der Waals surface area (Å²) in [7, 11) is 1.41. The summed E-state index contributed by atoms with van der Waals surface area (Å²) in [5.41, 5.74) is 0.0965. The molecule has 0 saturated carbocycles. The van der Waals surface area contributed by atoms with E-state index in [-0.39, 0.29) is 11.3 Å². The Labute approximate surface area is 114 Å². The van der Waals surface area contributed by atoms with Crippen molar-refractivity contribution < 1.29 is 13.9 Å². The highest BCUT2D eigenvalue weighted by Crippen LogP contribution is 2.20. The maximum absolute atomic E-state index is 13.2. The van der Waals surface area contributed by atoms with Crippen LogP contribution in [0.3, 0.4) is 0 Å². The fourth-order valence-corrected chi connectivity index (χ4v) is 1.60. The molecule has 4 nitrogen and oxygen atoms in total. The second-order valence-corrected chi connectivity index (χ2v) is 4.10. The SMILES string of the molecule is COc1ccc(F)cc1C(=O)Nc1ccc(Cl)cn1. The number of hydrogen-bond acceptors (Lipinski definition) is 3. The minimum absolute atomic E-state index is 0.0965. The molecule has 0 atom stereocenters. The van der Waals surface area contributed by atoms with Gasteiger partial charge in [-0.2, -0.15) is 0 Å². The average molecular weight is 281 g/mol. The van der Waals surface area contributed by atoms with Crippen molar-refractivity contribution in [1.29, 1.82) is 0 Å². The molecule has 0 fully saturated rings. The first-order chi connectivity index (χ1) is 9.10. The highest BCUT2D eigenvalue weighted by atomic mass is 35.5. The van der Waals surface area contributed by atoms with Crippen molar-refractivity contribution in [1.82, 2.24) is 4.98 Å². The van der Waals surface area contributed by atoms with Crippen LogP contribution >= 0.6 is 11.6 Å². The summed E-state index contributed by atoms with van der Waals surface area (Å²) in [4.78, 5) is 15.9. The largest absolute Gasteiger partial charge is 0.496 e. The molecule has 6 heteroatoms. The second-order valence-electron chi connectivity index (χ2n) is 3.66. The number of anilines is 1. The van der Waals surface area contributed by atoms with Crippen LogP contribution in [0, 0.1) is 5.82 Å². The molecular formula is C13H10ClFN2O2. The van der Waals surface area contributed by atoms with Crippen LogP contribution in [-0.2, 0) is 0 Å². The van der Waals surface area contributed by atoms with E-state index in [2.05, 4.69) is 10.3 Å². The number of methoxy groups -OCH3 is 1. The van der Waals surface area contributed by atoms with Crippen LogP contribution < -0.4 is 10.1 Å². The van der Waals surface area contributed by atoms with Gasteiger partial charge in [-0.15, -0.1) is 0 Å². The lowest BCUT2D eigenvalue weighted by Crippen LogP contribution is -2.14. The van der Waals surface area contributed by atoms with Gasteiger partial charge in [-0.05, 0) is 30.3 Å². The summed E-state index contributed by atoms with van der Waals surface area (Å²) >= 11 is 5.69. The predicted octanol–water partition coefficient (Wildman–Crippen LogP) is 3.14. The van der Waals surface area contributed by atoms with Crippen molar-refractivity contribution in [3.8, 4) is 5.75 Å². The van der Waals surface area contributed by atoms with Crippen molar-refractivity contribution in [2.45, 2.75) is 0 Å². The number of carbonyl (C=O) groups excluding carboxylic acids is 1. The minimum atomic E-state index is -0.519. The van der Waals surface area contributed by atoms with E-state index in [1.165, 1.54) is 25.4 Å². The molecule has 0 saturated heterocycles. The van der Waals surface area contributed by atoms with Crippen LogP contribution in [0.1, 0.15) is 10.4 Å². The number of pyridine rings is 1. The molecule has 1 heterocycles. The van der Waals surface area contributed by atoms with Crippen molar-refractivity contribution in [3.63, 3.8) is 0 Å². The lowest BCUT2D eigenvalue weighted by Gasteiger charge is -2.08. The molecule has 1 aromatic heterocycles. The number of halogens is 2. The van der Waals surface area contributed by atoms with Gasteiger partial charge in [0, 0.05) is 6.20 Å². The Morgan fingerprint density at radius 1 is 1.37 bits per heavy atom. The molecule has 0 aliphatic rings. The number of amides is 1. The predicted molar refractivity (Wildman–Crippen MR) is 70.2 cm³/mol. The summed E-state index contributed by atoms with van der Waals surface area (Å²) in [6, 6.07) is 6.85. The molecule has 1 amide bonds. The molecule has 2 rings (SSSR count). The maximum Gasteiger partial charge on any atom is 0.260 e. The fraction of sp³-hybridized carbons (Fsp3) is 0.0769. The number of ether oxygens (including phenoxy) is 1. The zero-order valence-electron chi connectivity index (χ0n) is 9.98. The first-order valence-electron chi connectivity index (χ1n) is 5.36. The third-order valence-corrected chi connectivity index (χ3v) is 2.60. The number of aromatic nitrogens is 1. The summed E-state index contributed by atoms with van der Waals surface area (Å²) in [6.07, 6.45) is 1.40. The highest BCUT2D eigenvalue weighted by molar-refractivity contribution is 6.30. The topological polar surface area (TPSA) is 51.2 Å². The average Bonchev–Trinajstić information content (AvgIpc) is 2.41. The molecule has 0 spiro atoms. The van der Waals surface area contributed by atoms with Gasteiger partial charge >= 0.3 is 0 Å². The molecule has 1 N–H and O–H groups in total. The second kappa shape index (κ2) is 5.67. The van der Waals surface area contributed by atoms with E-state index >= 15 is 0 Å². The molecule has 0 aliphatic carbocycles. The standard InChI is InChI=1S/C13H10ClFN2O2/c1-19-11-4-3-9(15)6-10(11)13(18)17-12-5-2-8(14)7-16-12/h2-7H,1H3,(H,16,17,18). The summed E-state index contributed by atoms with van der Waals surface area (Å²) in [6.45, 7) is 0. The number of benzene rings is 1. The Morgan fingerprint density at radius 3 is 2.79 bits per heavy atom. The van der Waals surface area contributed by atoms with Gasteiger partial charge in [-0.25, -0.2) is 9.37 Å². The van der Waals surface area contributed by atoms with Gasteiger partial charge < -0.3 is 10.1 Å². The molecule has 0 radical (unpaired) electrons. The first-order valence-corrected chi connectivity index (χ1v) is 5.74. The van der Waals surface area contributed by atoms with E-state index in [9.17, 15) is 9.18 Å². The van der Waals surface area contributed by atoms with E-state index in [4.69, 9.17) is 16.3 Å². The van der Waals surface area contributed by atoms with Gasteiger partial charge in [0.25, 0.3) is 5.91 Å². The van der Waals surface area contributed by atoms with Crippen LogP contribution in [-0.4, -0.2) is 18.0 Å². The van der Waals surface area contributed by atoms with Crippen molar-refractivity contribution >= 4 is 23.3 Å². The van der Waals surface area contributed by atoms with Crippen LogP contribution in [0.2, 0.25) is 5.02 Å². The first kappa shape index (κ1) is 13.3.